The second-order valence-corrected chi connectivity index (χ2v) is 10.0. The molecule has 0 saturated heterocycles. The van der Waals surface area contributed by atoms with Crippen LogP contribution in [0.5, 0.6) is 0 Å². The Kier molecular flexibility index (Phi) is 7.16. The monoisotopic (exact) mass is 499 g/mol. The number of benzene rings is 3. The van der Waals surface area contributed by atoms with Gasteiger partial charge < -0.3 is 4.90 Å². The number of thioether (sulfide) groups is 1. The van der Waals surface area contributed by atoms with Crippen molar-refractivity contribution in [3.63, 3.8) is 0 Å². The maximum Gasteiger partial charge on any atom is 0.233 e. The summed E-state index contributed by atoms with van der Waals surface area (Å²) in [5.74, 6) is 0.0556. The highest BCUT2D eigenvalue weighted by Gasteiger charge is 2.17. The van der Waals surface area contributed by atoms with Gasteiger partial charge in [-0.3, -0.25) is 4.79 Å². The van der Waals surface area contributed by atoms with Crippen LogP contribution < -0.4 is 0 Å². The summed E-state index contributed by atoms with van der Waals surface area (Å²) in [7, 11) is 0. The first-order valence-corrected chi connectivity index (χ1v) is 12.9. The number of hydrogen-bond acceptors (Lipinski definition) is 5. The van der Waals surface area contributed by atoms with E-state index in [1.807, 2.05) is 71.6 Å². The molecule has 0 bridgehead atoms. The lowest BCUT2D eigenvalue weighted by Gasteiger charge is -2.23. The van der Waals surface area contributed by atoms with Crippen molar-refractivity contribution in [2.24, 2.45) is 0 Å². The van der Waals surface area contributed by atoms with E-state index >= 15 is 0 Å². The Morgan fingerprint density at radius 1 is 0.857 bits per heavy atom. The van der Waals surface area contributed by atoms with E-state index in [-0.39, 0.29) is 17.5 Å². The molecule has 0 radical (unpaired) electrons. The molecule has 5 rings (SSSR count). The predicted octanol–water partition coefficient (Wildman–Crippen LogP) is 6.82. The van der Waals surface area contributed by atoms with E-state index in [4.69, 9.17) is 0 Å². The van der Waals surface area contributed by atoms with Crippen LogP contribution in [-0.2, 0) is 17.9 Å². The number of halogens is 1. The fourth-order valence-electron chi connectivity index (χ4n) is 3.75. The molecule has 4 nitrogen and oxygen atoms in total. The van der Waals surface area contributed by atoms with Gasteiger partial charge in [0.25, 0.3) is 0 Å². The molecule has 0 aliphatic rings. The van der Waals surface area contributed by atoms with Gasteiger partial charge in [0.15, 0.2) is 0 Å². The van der Waals surface area contributed by atoms with Gasteiger partial charge >= 0.3 is 0 Å². The van der Waals surface area contributed by atoms with Gasteiger partial charge in [0.2, 0.25) is 5.91 Å². The maximum atomic E-state index is 13.3. The van der Waals surface area contributed by atoms with Crippen molar-refractivity contribution >= 4 is 39.2 Å². The third-order valence-electron chi connectivity index (χ3n) is 5.52. The minimum Gasteiger partial charge on any atom is -0.333 e. The van der Waals surface area contributed by atoms with Crippen LogP contribution >= 0.6 is 23.1 Å². The number of aromatic nitrogens is 2. The van der Waals surface area contributed by atoms with Crippen LogP contribution in [-0.4, -0.2) is 26.5 Å². The molecule has 2 heterocycles. The molecule has 0 aliphatic carbocycles. The van der Waals surface area contributed by atoms with Gasteiger partial charge in [0, 0.05) is 18.0 Å². The summed E-state index contributed by atoms with van der Waals surface area (Å²) in [5.41, 5.74) is 3.94. The highest BCUT2D eigenvalue weighted by molar-refractivity contribution is 8.00. The fraction of sp³-hybridized carbons (Fsp3) is 0.107. The number of nitrogens with zero attached hydrogens (tertiary/aromatic N) is 3. The zero-order chi connectivity index (χ0) is 24.0. The molecular formula is C28H22FN3OS2. The average molecular weight is 500 g/mol. The molecule has 0 fully saturated rings. The lowest BCUT2D eigenvalue weighted by Crippen LogP contribution is -2.31. The average Bonchev–Trinajstić information content (AvgIpc) is 3.33. The van der Waals surface area contributed by atoms with Crippen LogP contribution in [0.2, 0.25) is 0 Å². The normalized spacial score (nSPS) is 11.0. The van der Waals surface area contributed by atoms with E-state index in [9.17, 15) is 9.18 Å². The molecule has 35 heavy (non-hydrogen) atoms. The van der Waals surface area contributed by atoms with Crippen LogP contribution in [0.15, 0.2) is 102 Å². The van der Waals surface area contributed by atoms with Gasteiger partial charge in [-0.2, -0.15) is 0 Å². The van der Waals surface area contributed by atoms with Crippen LogP contribution in [0.4, 0.5) is 4.39 Å². The molecule has 1 amide bonds. The summed E-state index contributed by atoms with van der Waals surface area (Å²) in [5, 5.41) is 0.779. The van der Waals surface area contributed by atoms with E-state index in [0.29, 0.717) is 13.1 Å². The molecular weight excluding hydrogens is 477 g/mol. The lowest BCUT2D eigenvalue weighted by atomic mass is 10.1. The van der Waals surface area contributed by atoms with E-state index in [1.165, 1.54) is 30.2 Å². The number of carbonyl (C=O) groups excluding carboxylic acids is 1. The van der Waals surface area contributed by atoms with Gasteiger partial charge in [0.05, 0.1) is 16.0 Å². The molecule has 0 saturated carbocycles. The van der Waals surface area contributed by atoms with Crippen molar-refractivity contribution < 1.29 is 9.18 Å². The number of thiophene rings is 1. The summed E-state index contributed by atoms with van der Waals surface area (Å²) >= 11 is 2.98. The minimum absolute atomic E-state index is 0.0461. The first-order chi connectivity index (χ1) is 17.2. The zero-order valence-corrected chi connectivity index (χ0v) is 20.4. The van der Waals surface area contributed by atoms with E-state index in [1.54, 1.807) is 23.5 Å². The van der Waals surface area contributed by atoms with Gasteiger partial charge in [-0.25, -0.2) is 14.4 Å². The standard InChI is InChI=1S/C28H22FN3OS2/c29-23-13-11-22(12-14-23)25-15-24-27(35-25)28(31-19-30-24)34-18-26(33)32(16-20-7-3-1-4-8-20)17-21-9-5-2-6-10-21/h1-15,19H,16-18H2. The maximum absolute atomic E-state index is 13.3. The molecule has 0 aliphatic heterocycles. The third-order valence-corrected chi connectivity index (χ3v) is 7.81. The predicted molar refractivity (Wildman–Crippen MR) is 141 cm³/mol. The first kappa shape index (κ1) is 23.2. The summed E-state index contributed by atoms with van der Waals surface area (Å²) in [6.07, 6.45) is 1.53. The van der Waals surface area contributed by atoms with Crippen molar-refractivity contribution in [3.05, 3.63) is 114 Å². The van der Waals surface area contributed by atoms with Crippen molar-refractivity contribution in [2.75, 3.05) is 5.75 Å². The molecule has 2 aromatic heterocycles. The highest BCUT2D eigenvalue weighted by atomic mass is 32.2. The Morgan fingerprint density at radius 2 is 1.49 bits per heavy atom. The summed E-state index contributed by atoms with van der Waals surface area (Å²) < 4.78 is 14.3. The number of fused-ring (bicyclic) bond motifs is 1. The van der Waals surface area contributed by atoms with Crippen molar-refractivity contribution in [3.8, 4) is 10.4 Å². The summed E-state index contributed by atoms with van der Waals surface area (Å²) in [4.78, 5) is 25.1. The Bertz CT molecular complexity index is 1380. The number of amides is 1. The quantitative estimate of drug-likeness (QED) is 0.174. The van der Waals surface area contributed by atoms with Crippen LogP contribution in [0, 0.1) is 5.82 Å². The second kappa shape index (κ2) is 10.8. The van der Waals surface area contributed by atoms with Crippen LogP contribution in [0.1, 0.15) is 11.1 Å². The molecule has 0 spiro atoms. The summed E-state index contributed by atoms with van der Waals surface area (Å²) in [6.45, 7) is 1.09. The van der Waals surface area contributed by atoms with Gasteiger partial charge in [-0.1, -0.05) is 84.6 Å². The van der Waals surface area contributed by atoms with E-state index < -0.39 is 0 Å². The lowest BCUT2D eigenvalue weighted by molar-refractivity contribution is -0.129. The fourth-order valence-corrected chi connectivity index (χ4v) is 5.86. The molecule has 3 aromatic carbocycles. The second-order valence-electron chi connectivity index (χ2n) is 8.02. The smallest absolute Gasteiger partial charge is 0.233 e. The van der Waals surface area contributed by atoms with Crippen molar-refractivity contribution in [1.29, 1.82) is 0 Å². The number of rotatable bonds is 8. The molecule has 0 unspecified atom stereocenters. The van der Waals surface area contributed by atoms with E-state index in [2.05, 4.69) is 9.97 Å². The Morgan fingerprint density at radius 3 is 2.11 bits per heavy atom. The molecule has 0 atom stereocenters. The van der Waals surface area contributed by atoms with Gasteiger partial charge in [0.1, 0.15) is 17.2 Å². The van der Waals surface area contributed by atoms with E-state index in [0.717, 1.165) is 36.8 Å². The largest absolute Gasteiger partial charge is 0.333 e. The molecule has 0 N–H and O–H groups in total. The number of hydrogen-bond donors (Lipinski definition) is 0. The zero-order valence-electron chi connectivity index (χ0n) is 18.8. The topological polar surface area (TPSA) is 46.1 Å². The van der Waals surface area contributed by atoms with Crippen molar-refractivity contribution in [2.45, 2.75) is 18.1 Å². The van der Waals surface area contributed by atoms with Gasteiger partial charge in [-0.15, -0.1) is 11.3 Å². The van der Waals surface area contributed by atoms with Crippen molar-refractivity contribution in [1.82, 2.24) is 14.9 Å². The Balaban J connectivity index is 1.34. The molecule has 174 valence electrons. The number of carbonyl (C=O) groups is 1. The van der Waals surface area contributed by atoms with Gasteiger partial charge in [-0.05, 0) is 34.9 Å². The van der Waals surface area contributed by atoms with Crippen LogP contribution in [0.3, 0.4) is 0 Å². The SMILES string of the molecule is O=C(CSc1ncnc2cc(-c3ccc(F)cc3)sc12)N(Cc1ccccc1)Cc1ccccc1. The van der Waals surface area contributed by atoms with Crippen LogP contribution in [0.25, 0.3) is 20.7 Å². The third kappa shape index (κ3) is 5.75. The minimum atomic E-state index is -0.264. The Hall–Kier alpha value is -3.55. The summed E-state index contributed by atoms with van der Waals surface area (Å²) in [6, 6.07) is 28.5. The molecule has 5 aromatic rings. The molecule has 7 heteroatoms. The Labute approximate surface area is 211 Å². The highest BCUT2D eigenvalue weighted by Crippen LogP contribution is 2.37. The first-order valence-electron chi connectivity index (χ1n) is 11.1.